The van der Waals surface area contributed by atoms with E-state index in [0.29, 0.717) is 12.2 Å². The van der Waals surface area contributed by atoms with Gasteiger partial charge in [0.05, 0.1) is 19.3 Å². The molecule has 0 aliphatic heterocycles. The van der Waals surface area contributed by atoms with Crippen molar-refractivity contribution in [3.8, 4) is 16.9 Å². The highest BCUT2D eigenvalue weighted by atomic mass is 79.9. The Labute approximate surface area is 126 Å². The van der Waals surface area contributed by atoms with Crippen molar-refractivity contribution in [3.63, 3.8) is 0 Å². The lowest BCUT2D eigenvalue weighted by Gasteiger charge is -2.11. The molecule has 104 valence electrons. The van der Waals surface area contributed by atoms with Gasteiger partial charge in [-0.15, -0.1) is 0 Å². The molecule has 4 heteroatoms. The monoisotopic (exact) mass is 334 g/mol. The summed E-state index contributed by atoms with van der Waals surface area (Å²) in [7, 11) is 1.62. The molecule has 0 amide bonds. The van der Waals surface area contributed by atoms with Crippen LogP contribution in [-0.2, 0) is 4.74 Å². The third-order valence-electron chi connectivity index (χ3n) is 2.86. The van der Waals surface area contributed by atoms with Gasteiger partial charge in [-0.2, -0.15) is 0 Å². The number of hydrogen-bond donors (Lipinski definition) is 0. The summed E-state index contributed by atoms with van der Waals surface area (Å²) in [5.41, 5.74) is 2.27. The first kappa shape index (κ1) is 14.6. The van der Waals surface area contributed by atoms with E-state index in [4.69, 9.17) is 9.47 Å². The minimum absolute atomic E-state index is 0.321. The van der Waals surface area contributed by atoms with Crippen LogP contribution in [-0.4, -0.2) is 19.7 Å². The molecule has 0 N–H and O–H groups in total. The van der Waals surface area contributed by atoms with E-state index in [1.807, 2.05) is 36.4 Å². The third kappa shape index (κ3) is 3.20. The zero-order chi connectivity index (χ0) is 14.5. The van der Waals surface area contributed by atoms with E-state index < -0.39 is 0 Å². The summed E-state index contributed by atoms with van der Waals surface area (Å²) in [6.45, 7) is 2.15. The second-order valence-corrected chi connectivity index (χ2v) is 5.06. The van der Waals surface area contributed by atoms with E-state index >= 15 is 0 Å². The highest BCUT2D eigenvalue weighted by molar-refractivity contribution is 9.10. The highest BCUT2D eigenvalue weighted by Crippen LogP contribution is 2.30. The summed E-state index contributed by atoms with van der Waals surface area (Å²) in [5, 5.41) is 0. The summed E-state index contributed by atoms with van der Waals surface area (Å²) < 4.78 is 11.2. The summed E-state index contributed by atoms with van der Waals surface area (Å²) in [6, 6.07) is 13.1. The number of ether oxygens (including phenoxy) is 2. The number of esters is 1. The van der Waals surface area contributed by atoms with Gasteiger partial charge in [0.25, 0.3) is 0 Å². The average Bonchev–Trinajstić information content (AvgIpc) is 2.47. The largest absolute Gasteiger partial charge is 0.497 e. The van der Waals surface area contributed by atoms with Gasteiger partial charge in [0.15, 0.2) is 0 Å². The van der Waals surface area contributed by atoms with Gasteiger partial charge in [0.2, 0.25) is 0 Å². The van der Waals surface area contributed by atoms with Crippen molar-refractivity contribution in [1.82, 2.24) is 0 Å². The topological polar surface area (TPSA) is 35.5 Å². The first-order valence-electron chi connectivity index (χ1n) is 6.26. The van der Waals surface area contributed by atoms with Crippen LogP contribution in [0.3, 0.4) is 0 Å². The van der Waals surface area contributed by atoms with Crippen molar-refractivity contribution < 1.29 is 14.3 Å². The molecule has 2 rings (SSSR count). The Balaban J connectivity index is 2.53. The van der Waals surface area contributed by atoms with Crippen LogP contribution < -0.4 is 4.74 Å². The minimum Gasteiger partial charge on any atom is -0.497 e. The lowest BCUT2D eigenvalue weighted by molar-refractivity contribution is 0.0527. The molecule has 0 fully saturated rings. The maximum atomic E-state index is 12.0. The number of benzene rings is 2. The molecule has 3 nitrogen and oxygen atoms in total. The predicted octanol–water partition coefficient (Wildman–Crippen LogP) is 4.30. The zero-order valence-corrected chi connectivity index (χ0v) is 12.9. The van der Waals surface area contributed by atoms with Gasteiger partial charge >= 0.3 is 5.97 Å². The molecule has 0 heterocycles. The molecule has 0 saturated carbocycles. The van der Waals surface area contributed by atoms with Crippen molar-refractivity contribution in [2.45, 2.75) is 6.92 Å². The van der Waals surface area contributed by atoms with Crippen LogP contribution in [0, 0.1) is 0 Å². The summed E-state index contributed by atoms with van der Waals surface area (Å²) in [4.78, 5) is 12.0. The van der Waals surface area contributed by atoms with Gasteiger partial charge < -0.3 is 9.47 Å². The van der Waals surface area contributed by atoms with Crippen molar-refractivity contribution in [1.29, 1.82) is 0 Å². The van der Waals surface area contributed by atoms with Crippen molar-refractivity contribution in [2.75, 3.05) is 13.7 Å². The smallest absolute Gasteiger partial charge is 0.338 e. The zero-order valence-electron chi connectivity index (χ0n) is 11.4. The number of carbonyl (C=O) groups is 1. The van der Waals surface area contributed by atoms with Gasteiger partial charge in [-0.25, -0.2) is 4.79 Å². The molecular formula is C16H15BrO3. The first-order chi connectivity index (χ1) is 9.65. The number of halogens is 1. The molecule has 0 unspecified atom stereocenters. The molecule has 20 heavy (non-hydrogen) atoms. The Morgan fingerprint density at radius 2 is 2.00 bits per heavy atom. The highest BCUT2D eigenvalue weighted by Gasteiger charge is 2.14. The van der Waals surface area contributed by atoms with Crippen molar-refractivity contribution >= 4 is 21.9 Å². The molecule has 0 atom stereocenters. The van der Waals surface area contributed by atoms with Gasteiger partial charge in [0, 0.05) is 4.47 Å². The molecule has 0 saturated heterocycles. The fraction of sp³-hybridized carbons (Fsp3) is 0.188. The predicted molar refractivity (Wildman–Crippen MR) is 82.1 cm³/mol. The molecule has 0 aliphatic carbocycles. The number of methoxy groups -OCH3 is 1. The van der Waals surface area contributed by atoms with Gasteiger partial charge in [-0.05, 0) is 48.4 Å². The summed E-state index contributed by atoms with van der Waals surface area (Å²) >= 11 is 3.43. The Bertz CT molecular complexity index is 623. The molecule has 0 radical (unpaired) electrons. The Morgan fingerprint density at radius 1 is 1.20 bits per heavy atom. The number of rotatable bonds is 4. The fourth-order valence-corrected chi connectivity index (χ4v) is 2.29. The molecule has 2 aromatic carbocycles. The van der Waals surface area contributed by atoms with E-state index in [0.717, 1.165) is 21.3 Å². The molecule has 0 spiro atoms. The Kier molecular flexibility index (Phi) is 4.79. The van der Waals surface area contributed by atoms with Crippen molar-refractivity contribution in [2.24, 2.45) is 0 Å². The van der Waals surface area contributed by atoms with Crippen LogP contribution in [0.5, 0.6) is 5.75 Å². The van der Waals surface area contributed by atoms with E-state index in [9.17, 15) is 4.79 Å². The Hall–Kier alpha value is -1.81. The second-order valence-electron chi connectivity index (χ2n) is 4.14. The van der Waals surface area contributed by atoms with E-state index in [1.165, 1.54) is 0 Å². The van der Waals surface area contributed by atoms with Gasteiger partial charge in [-0.1, -0.05) is 28.1 Å². The third-order valence-corrected chi connectivity index (χ3v) is 3.35. The van der Waals surface area contributed by atoms with Crippen LogP contribution in [0.1, 0.15) is 17.3 Å². The maximum Gasteiger partial charge on any atom is 0.338 e. The first-order valence-corrected chi connectivity index (χ1v) is 7.06. The second kappa shape index (κ2) is 6.57. The minimum atomic E-state index is -0.321. The molecule has 0 aromatic heterocycles. The average molecular weight is 335 g/mol. The molecule has 2 aromatic rings. The summed E-state index contributed by atoms with van der Waals surface area (Å²) in [6.07, 6.45) is 0. The normalized spacial score (nSPS) is 10.2. The van der Waals surface area contributed by atoms with Gasteiger partial charge in [-0.3, -0.25) is 0 Å². The number of carbonyl (C=O) groups excluding carboxylic acids is 1. The van der Waals surface area contributed by atoms with E-state index in [1.54, 1.807) is 20.1 Å². The van der Waals surface area contributed by atoms with Gasteiger partial charge in [0.1, 0.15) is 5.75 Å². The Morgan fingerprint density at radius 3 is 2.70 bits per heavy atom. The van der Waals surface area contributed by atoms with Crippen molar-refractivity contribution in [3.05, 3.63) is 52.5 Å². The molecule has 0 bridgehead atoms. The SMILES string of the molecule is CCOC(=O)c1ccc(Br)cc1-c1cccc(OC)c1. The standard InChI is InChI=1S/C16H15BrO3/c1-3-20-16(18)14-8-7-12(17)10-15(14)11-5-4-6-13(9-11)19-2/h4-10H,3H2,1-2H3. The van der Waals surface area contributed by atoms with Crippen LogP contribution >= 0.6 is 15.9 Å². The summed E-state index contributed by atoms with van der Waals surface area (Å²) in [5.74, 6) is 0.426. The van der Waals surface area contributed by atoms with Crippen LogP contribution in [0.25, 0.3) is 11.1 Å². The maximum absolute atomic E-state index is 12.0. The quantitative estimate of drug-likeness (QED) is 0.782. The van der Waals surface area contributed by atoms with Crippen LogP contribution in [0.4, 0.5) is 0 Å². The molecule has 0 aliphatic rings. The van der Waals surface area contributed by atoms with E-state index in [2.05, 4.69) is 15.9 Å². The van der Waals surface area contributed by atoms with Crippen LogP contribution in [0.2, 0.25) is 0 Å². The van der Waals surface area contributed by atoms with E-state index in [-0.39, 0.29) is 5.97 Å². The fourth-order valence-electron chi connectivity index (χ4n) is 1.93. The lowest BCUT2D eigenvalue weighted by Crippen LogP contribution is -2.06. The molecular weight excluding hydrogens is 320 g/mol. The number of hydrogen-bond acceptors (Lipinski definition) is 3. The van der Waals surface area contributed by atoms with Crippen LogP contribution in [0.15, 0.2) is 46.9 Å². The lowest BCUT2D eigenvalue weighted by atomic mass is 9.99.